The Hall–Kier alpha value is -1.10. The Morgan fingerprint density at radius 2 is 1.65 bits per heavy atom. The van der Waals surface area contributed by atoms with E-state index in [0.29, 0.717) is 12.3 Å². The van der Waals surface area contributed by atoms with Crippen LogP contribution in [0.2, 0.25) is 0 Å². The van der Waals surface area contributed by atoms with Crippen molar-refractivity contribution in [3.63, 3.8) is 0 Å². The first-order valence-electron chi connectivity index (χ1n) is 7.89. The molecule has 3 fully saturated rings. The lowest BCUT2D eigenvalue weighted by Crippen LogP contribution is -2.42. The van der Waals surface area contributed by atoms with Crippen LogP contribution in [0.15, 0.2) is 0 Å². The van der Waals surface area contributed by atoms with Gasteiger partial charge >= 0.3 is 5.97 Å². The van der Waals surface area contributed by atoms with Crippen LogP contribution in [-0.2, 0) is 9.59 Å². The van der Waals surface area contributed by atoms with Crippen molar-refractivity contribution in [3.8, 4) is 0 Å². The standard InChI is InChI=1S/C15H24N2O3/c18-14(12-9-13(12)15(19)20)17-7-3-11(4-8-17)10-16-5-1-2-6-16/h11-13H,1-10H2,(H,19,20). The van der Waals surface area contributed by atoms with Crippen LogP contribution in [-0.4, -0.2) is 59.5 Å². The lowest BCUT2D eigenvalue weighted by Gasteiger charge is -2.34. The maximum atomic E-state index is 12.2. The summed E-state index contributed by atoms with van der Waals surface area (Å²) >= 11 is 0. The fraction of sp³-hybridized carbons (Fsp3) is 0.867. The molecule has 3 rings (SSSR count). The number of carboxylic acids is 1. The van der Waals surface area contributed by atoms with Crippen molar-refractivity contribution in [1.29, 1.82) is 0 Å². The highest BCUT2D eigenvalue weighted by Gasteiger charge is 2.50. The van der Waals surface area contributed by atoms with Crippen molar-refractivity contribution in [2.24, 2.45) is 17.8 Å². The van der Waals surface area contributed by atoms with Gasteiger partial charge in [-0.2, -0.15) is 0 Å². The Morgan fingerprint density at radius 3 is 2.20 bits per heavy atom. The zero-order valence-electron chi connectivity index (χ0n) is 12.0. The molecule has 0 radical (unpaired) electrons. The summed E-state index contributed by atoms with van der Waals surface area (Å²) in [5.74, 6) is -0.664. The summed E-state index contributed by atoms with van der Waals surface area (Å²) in [5.41, 5.74) is 0. The van der Waals surface area contributed by atoms with Gasteiger partial charge in [0.1, 0.15) is 0 Å². The number of hydrogen-bond donors (Lipinski definition) is 1. The highest BCUT2D eigenvalue weighted by atomic mass is 16.4. The van der Waals surface area contributed by atoms with Crippen LogP contribution >= 0.6 is 0 Å². The summed E-state index contributed by atoms with van der Waals surface area (Å²) in [6.07, 6.45) is 5.35. The molecule has 3 aliphatic rings. The van der Waals surface area contributed by atoms with Gasteiger partial charge in [-0.1, -0.05) is 0 Å². The molecule has 112 valence electrons. The van der Waals surface area contributed by atoms with E-state index < -0.39 is 11.9 Å². The molecule has 0 spiro atoms. The van der Waals surface area contributed by atoms with Crippen molar-refractivity contribution in [2.45, 2.75) is 32.1 Å². The first-order chi connectivity index (χ1) is 9.65. The molecule has 5 heteroatoms. The lowest BCUT2D eigenvalue weighted by atomic mass is 9.96. The number of carboxylic acid groups (broad SMARTS) is 1. The van der Waals surface area contributed by atoms with Crippen LogP contribution in [0.5, 0.6) is 0 Å². The van der Waals surface area contributed by atoms with E-state index in [1.54, 1.807) is 0 Å². The van der Waals surface area contributed by atoms with Crippen LogP contribution in [0.4, 0.5) is 0 Å². The molecule has 0 aromatic heterocycles. The number of carbonyl (C=O) groups excluding carboxylic acids is 1. The van der Waals surface area contributed by atoms with Crippen LogP contribution in [0, 0.1) is 17.8 Å². The Kier molecular flexibility index (Phi) is 3.96. The second-order valence-electron chi connectivity index (χ2n) is 6.56. The number of nitrogens with zero attached hydrogens (tertiary/aromatic N) is 2. The minimum atomic E-state index is -0.813. The molecule has 0 aromatic carbocycles. The molecule has 2 heterocycles. The van der Waals surface area contributed by atoms with E-state index in [1.165, 1.54) is 32.5 Å². The van der Waals surface area contributed by atoms with Crippen molar-refractivity contribution in [3.05, 3.63) is 0 Å². The van der Waals surface area contributed by atoms with E-state index in [0.717, 1.165) is 25.9 Å². The summed E-state index contributed by atoms with van der Waals surface area (Å²) in [6, 6.07) is 0. The highest BCUT2D eigenvalue weighted by Crippen LogP contribution is 2.40. The Labute approximate surface area is 119 Å². The largest absolute Gasteiger partial charge is 0.481 e. The first-order valence-corrected chi connectivity index (χ1v) is 7.89. The van der Waals surface area contributed by atoms with Crippen LogP contribution < -0.4 is 0 Å². The lowest BCUT2D eigenvalue weighted by molar-refractivity contribution is -0.142. The highest BCUT2D eigenvalue weighted by molar-refractivity contribution is 5.89. The predicted octanol–water partition coefficient (Wildman–Crippen LogP) is 1.04. The van der Waals surface area contributed by atoms with Crippen LogP contribution in [0.3, 0.4) is 0 Å². The Morgan fingerprint density at radius 1 is 1.00 bits per heavy atom. The number of piperidine rings is 1. The number of rotatable bonds is 4. The predicted molar refractivity (Wildman–Crippen MR) is 74.2 cm³/mol. The third kappa shape index (κ3) is 2.97. The van der Waals surface area contributed by atoms with Gasteiger partial charge in [-0.25, -0.2) is 0 Å². The molecular formula is C15H24N2O3. The fourth-order valence-corrected chi connectivity index (χ4v) is 3.64. The molecule has 2 saturated heterocycles. The van der Waals surface area contributed by atoms with Gasteiger partial charge < -0.3 is 14.9 Å². The molecule has 2 atom stereocenters. The molecule has 0 aromatic rings. The monoisotopic (exact) mass is 280 g/mol. The SMILES string of the molecule is O=C(O)C1CC1C(=O)N1CCC(CN2CCCC2)CC1. The molecule has 2 aliphatic heterocycles. The summed E-state index contributed by atoms with van der Waals surface area (Å²) in [5, 5.41) is 8.90. The molecule has 0 bridgehead atoms. The number of likely N-dealkylation sites (tertiary alicyclic amines) is 2. The molecule has 5 nitrogen and oxygen atoms in total. The van der Waals surface area contributed by atoms with Gasteiger partial charge in [0.25, 0.3) is 0 Å². The maximum absolute atomic E-state index is 12.2. The molecule has 1 amide bonds. The third-order valence-corrected chi connectivity index (χ3v) is 5.07. The average Bonchev–Trinajstić information content (AvgIpc) is 3.10. The van der Waals surface area contributed by atoms with E-state index in [1.807, 2.05) is 4.90 Å². The van der Waals surface area contributed by atoms with Gasteiger partial charge in [0.2, 0.25) is 5.91 Å². The smallest absolute Gasteiger partial charge is 0.307 e. The second kappa shape index (κ2) is 5.72. The Balaban J connectivity index is 1.42. The van der Waals surface area contributed by atoms with Gasteiger partial charge in [0.15, 0.2) is 0 Å². The fourth-order valence-electron chi connectivity index (χ4n) is 3.64. The van der Waals surface area contributed by atoms with Gasteiger partial charge in [-0.15, -0.1) is 0 Å². The van der Waals surface area contributed by atoms with Gasteiger partial charge in [-0.05, 0) is 51.1 Å². The number of hydrogen-bond acceptors (Lipinski definition) is 3. The number of amides is 1. The molecule has 1 N–H and O–H groups in total. The minimum absolute atomic E-state index is 0.0806. The molecule has 2 unspecified atom stereocenters. The summed E-state index contributed by atoms with van der Waals surface area (Å²) in [4.78, 5) is 27.4. The quantitative estimate of drug-likeness (QED) is 0.836. The number of aliphatic carboxylic acids is 1. The minimum Gasteiger partial charge on any atom is -0.481 e. The summed E-state index contributed by atoms with van der Waals surface area (Å²) < 4.78 is 0. The van der Waals surface area contributed by atoms with Crippen molar-refractivity contribution < 1.29 is 14.7 Å². The molecule has 20 heavy (non-hydrogen) atoms. The van der Waals surface area contributed by atoms with Crippen LogP contribution in [0.25, 0.3) is 0 Å². The van der Waals surface area contributed by atoms with E-state index in [9.17, 15) is 9.59 Å². The van der Waals surface area contributed by atoms with Gasteiger partial charge in [-0.3, -0.25) is 9.59 Å². The topological polar surface area (TPSA) is 60.9 Å². The van der Waals surface area contributed by atoms with Crippen molar-refractivity contribution in [1.82, 2.24) is 9.80 Å². The van der Waals surface area contributed by atoms with Crippen molar-refractivity contribution in [2.75, 3.05) is 32.7 Å². The Bertz CT molecular complexity index is 385. The van der Waals surface area contributed by atoms with Crippen LogP contribution in [0.1, 0.15) is 32.1 Å². The normalized spacial score (nSPS) is 31.5. The van der Waals surface area contributed by atoms with Gasteiger partial charge in [0.05, 0.1) is 11.8 Å². The van der Waals surface area contributed by atoms with E-state index in [4.69, 9.17) is 5.11 Å². The average molecular weight is 280 g/mol. The first kappa shape index (κ1) is 13.9. The van der Waals surface area contributed by atoms with E-state index >= 15 is 0 Å². The third-order valence-electron chi connectivity index (χ3n) is 5.07. The zero-order chi connectivity index (χ0) is 14.1. The number of carbonyl (C=O) groups is 2. The van der Waals surface area contributed by atoms with Gasteiger partial charge in [0, 0.05) is 19.6 Å². The maximum Gasteiger partial charge on any atom is 0.307 e. The zero-order valence-corrected chi connectivity index (χ0v) is 12.0. The molecule has 1 saturated carbocycles. The summed E-state index contributed by atoms with van der Waals surface area (Å²) in [6.45, 7) is 5.30. The van der Waals surface area contributed by atoms with Crippen molar-refractivity contribution >= 4 is 11.9 Å². The molecular weight excluding hydrogens is 256 g/mol. The van der Waals surface area contributed by atoms with E-state index in [2.05, 4.69) is 4.90 Å². The second-order valence-corrected chi connectivity index (χ2v) is 6.56. The van der Waals surface area contributed by atoms with E-state index in [-0.39, 0.29) is 11.8 Å². The molecule has 1 aliphatic carbocycles. The summed E-state index contributed by atoms with van der Waals surface area (Å²) in [7, 11) is 0.